The van der Waals surface area contributed by atoms with Gasteiger partial charge in [-0.15, -0.1) is 0 Å². The molecule has 0 aromatic heterocycles. The molecule has 0 aliphatic heterocycles. The maximum atomic E-state index is 12.9. The molecule has 94 valence electrons. The molecule has 4 nitrogen and oxygen atoms in total. The van der Waals surface area contributed by atoms with E-state index in [2.05, 4.69) is 5.32 Å². The van der Waals surface area contributed by atoms with Gasteiger partial charge in [-0.3, -0.25) is 4.79 Å². The first kappa shape index (κ1) is 13.6. The van der Waals surface area contributed by atoms with Crippen LogP contribution in [-0.2, 0) is 4.79 Å². The minimum Gasteiger partial charge on any atom is -0.387 e. The Morgan fingerprint density at radius 1 is 1.53 bits per heavy atom. The molecule has 0 fully saturated rings. The number of rotatable bonds is 6. The van der Waals surface area contributed by atoms with Gasteiger partial charge in [-0.1, -0.05) is 12.1 Å². The third-order valence-electron chi connectivity index (χ3n) is 2.33. The average Bonchev–Trinajstić information content (AvgIpc) is 2.33. The van der Waals surface area contributed by atoms with Crippen molar-refractivity contribution in [2.24, 2.45) is 5.73 Å². The van der Waals surface area contributed by atoms with Gasteiger partial charge >= 0.3 is 0 Å². The van der Waals surface area contributed by atoms with E-state index in [1.54, 1.807) is 6.07 Å². The van der Waals surface area contributed by atoms with E-state index in [0.717, 1.165) is 0 Å². The van der Waals surface area contributed by atoms with Crippen LogP contribution in [0.4, 0.5) is 4.39 Å². The summed E-state index contributed by atoms with van der Waals surface area (Å²) < 4.78 is 12.9. The molecule has 1 atom stereocenters. The van der Waals surface area contributed by atoms with Gasteiger partial charge in [0.05, 0.1) is 6.10 Å². The fraction of sp³-hybridized carbons (Fsp3) is 0.417. The second kappa shape index (κ2) is 6.98. The Morgan fingerprint density at radius 2 is 2.29 bits per heavy atom. The summed E-state index contributed by atoms with van der Waals surface area (Å²) in [5, 5.41) is 12.3. The van der Waals surface area contributed by atoms with Crippen molar-refractivity contribution in [3.63, 3.8) is 0 Å². The highest BCUT2D eigenvalue weighted by Crippen LogP contribution is 2.12. The van der Waals surface area contributed by atoms with E-state index >= 15 is 0 Å². The Morgan fingerprint density at radius 3 is 2.94 bits per heavy atom. The highest BCUT2D eigenvalue weighted by Gasteiger charge is 2.09. The Bertz CT molecular complexity index is 371. The summed E-state index contributed by atoms with van der Waals surface area (Å²) in [6.07, 6.45) is 0.0568. The van der Waals surface area contributed by atoms with E-state index in [9.17, 15) is 14.3 Å². The molecule has 4 N–H and O–H groups in total. The summed E-state index contributed by atoms with van der Waals surface area (Å²) >= 11 is 0. The minimum absolute atomic E-state index is 0.0762. The van der Waals surface area contributed by atoms with Crippen LogP contribution in [0.5, 0.6) is 0 Å². The van der Waals surface area contributed by atoms with Gasteiger partial charge in [0.1, 0.15) is 5.82 Å². The van der Waals surface area contributed by atoms with Crippen LogP contribution < -0.4 is 11.1 Å². The van der Waals surface area contributed by atoms with Crippen molar-refractivity contribution in [1.29, 1.82) is 0 Å². The van der Waals surface area contributed by atoms with Gasteiger partial charge in [0.25, 0.3) is 0 Å². The lowest BCUT2D eigenvalue weighted by atomic mass is 10.1. The van der Waals surface area contributed by atoms with Crippen molar-refractivity contribution < 1.29 is 14.3 Å². The molecule has 1 aromatic carbocycles. The Labute approximate surface area is 99.6 Å². The van der Waals surface area contributed by atoms with Crippen LogP contribution in [0.25, 0.3) is 0 Å². The highest BCUT2D eigenvalue weighted by molar-refractivity contribution is 5.75. The number of aliphatic hydroxyl groups is 1. The predicted octanol–water partition coefficient (Wildman–Crippen LogP) is 0.714. The van der Waals surface area contributed by atoms with Crippen LogP contribution in [0.3, 0.4) is 0 Å². The van der Waals surface area contributed by atoms with Crippen LogP contribution in [0.15, 0.2) is 24.3 Å². The van der Waals surface area contributed by atoms with Crippen LogP contribution in [0.1, 0.15) is 24.5 Å². The molecule has 1 amide bonds. The number of hydrogen-bond acceptors (Lipinski definition) is 3. The molecule has 17 heavy (non-hydrogen) atoms. The molecule has 0 aliphatic carbocycles. The third kappa shape index (κ3) is 4.93. The average molecular weight is 240 g/mol. The van der Waals surface area contributed by atoms with Crippen LogP contribution in [0, 0.1) is 5.82 Å². The van der Waals surface area contributed by atoms with Crippen molar-refractivity contribution in [3.05, 3.63) is 35.6 Å². The SMILES string of the molecule is NCCCC(=O)NCC(O)c1cccc(F)c1. The van der Waals surface area contributed by atoms with Crippen molar-refractivity contribution in [3.8, 4) is 0 Å². The summed E-state index contributed by atoms with van der Waals surface area (Å²) in [6.45, 7) is 0.534. The lowest BCUT2D eigenvalue weighted by molar-refractivity contribution is -0.121. The fourth-order valence-corrected chi connectivity index (χ4v) is 1.39. The molecule has 0 aliphatic rings. The van der Waals surface area contributed by atoms with Crippen LogP contribution in [0.2, 0.25) is 0 Å². The monoisotopic (exact) mass is 240 g/mol. The van der Waals surface area contributed by atoms with Crippen LogP contribution in [-0.4, -0.2) is 24.1 Å². The first-order chi connectivity index (χ1) is 8.13. The lowest BCUT2D eigenvalue weighted by Gasteiger charge is -2.12. The molecule has 0 saturated carbocycles. The molecule has 1 aromatic rings. The maximum absolute atomic E-state index is 12.9. The lowest BCUT2D eigenvalue weighted by Crippen LogP contribution is -2.28. The van der Waals surface area contributed by atoms with Crippen molar-refractivity contribution >= 4 is 5.91 Å². The Kier molecular flexibility index (Phi) is 5.59. The normalized spacial score (nSPS) is 12.2. The van der Waals surface area contributed by atoms with E-state index in [1.165, 1.54) is 18.2 Å². The molecular formula is C12H17FN2O2. The molecule has 0 saturated heterocycles. The second-order valence-corrected chi connectivity index (χ2v) is 3.77. The number of benzene rings is 1. The molecule has 0 radical (unpaired) electrons. The predicted molar refractivity (Wildman–Crippen MR) is 62.7 cm³/mol. The highest BCUT2D eigenvalue weighted by atomic mass is 19.1. The van der Waals surface area contributed by atoms with Gasteiger partial charge in [0.15, 0.2) is 0 Å². The maximum Gasteiger partial charge on any atom is 0.220 e. The Balaban J connectivity index is 2.39. The standard InChI is InChI=1S/C12H17FN2O2/c13-10-4-1-3-9(7-10)11(16)8-15-12(17)5-2-6-14/h1,3-4,7,11,16H,2,5-6,8,14H2,(H,15,17). The first-order valence-electron chi connectivity index (χ1n) is 5.53. The molecule has 1 rings (SSSR count). The van der Waals surface area contributed by atoms with Crippen LogP contribution >= 0.6 is 0 Å². The quantitative estimate of drug-likeness (QED) is 0.685. The molecule has 0 spiro atoms. The van der Waals surface area contributed by atoms with E-state index in [-0.39, 0.29) is 12.5 Å². The molecular weight excluding hydrogens is 223 g/mol. The van der Waals surface area contributed by atoms with Crippen molar-refractivity contribution in [2.45, 2.75) is 18.9 Å². The van der Waals surface area contributed by atoms with Gasteiger partial charge in [-0.25, -0.2) is 4.39 Å². The zero-order valence-corrected chi connectivity index (χ0v) is 9.53. The number of halogens is 1. The number of aliphatic hydroxyl groups excluding tert-OH is 1. The van der Waals surface area contributed by atoms with Crippen molar-refractivity contribution in [1.82, 2.24) is 5.32 Å². The van der Waals surface area contributed by atoms with Gasteiger partial charge < -0.3 is 16.2 Å². The fourth-order valence-electron chi connectivity index (χ4n) is 1.39. The number of carbonyl (C=O) groups is 1. The molecule has 5 heteroatoms. The number of carbonyl (C=O) groups excluding carboxylic acids is 1. The Hall–Kier alpha value is -1.46. The second-order valence-electron chi connectivity index (χ2n) is 3.77. The largest absolute Gasteiger partial charge is 0.387 e. The van der Waals surface area contributed by atoms with E-state index in [1.807, 2.05) is 0 Å². The van der Waals surface area contributed by atoms with E-state index < -0.39 is 11.9 Å². The van der Waals surface area contributed by atoms with E-state index in [0.29, 0.717) is 24.9 Å². The minimum atomic E-state index is -0.896. The van der Waals surface area contributed by atoms with Crippen molar-refractivity contribution in [2.75, 3.05) is 13.1 Å². The number of nitrogens with one attached hydrogen (secondary N) is 1. The molecule has 0 heterocycles. The number of nitrogens with two attached hydrogens (primary N) is 1. The third-order valence-corrected chi connectivity index (χ3v) is 2.33. The summed E-state index contributed by atoms with van der Waals surface area (Å²) in [5.74, 6) is -0.568. The molecule has 0 bridgehead atoms. The zero-order valence-electron chi connectivity index (χ0n) is 9.53. The first-order valence-corrected chi connectivity index (χ1v) is 5.53. The number of hydrogen-bond donors (Lipinski definition) is 3. The van der Waals surface area contributed by atoms with Gasteiger partial charge in [0, 0.05) is 13.0 Å². The zero-order chi connectivity index (χ0) is 12.7. The number of amides is 1. The summed E-state index contributed by atoms with van der Waals surface area (Å²) in [4.78, 5) is 11.3. The summed E-state index contributed by atoms with van der Waals surface area (Å²) in [7, 11) is 0. The molecule has 1 unspecified atom stereocenters. The summed E-state index contributed by atoms with van der Waals surface area (Å²) in [6, 6.07) is 5.68. The van der Waals surface area contributed by atoms with Gasteiger partial charge in [0.2, 0.25) is 5.91 Å². The topological polar surface area (TPSA) is 75.4 Å². The van der Waals surface area contributed by atoms with Gasteiger partial charge in [-0.2, -0.15) is 0 Å². The van der Waals surface area contributed by atoms with E-state index in [4.69, 9.17) is 5.73 Å². The van der Waals surface area contributed by atoms with Gasteiger partial charge in [-0.05, 0) is 30.7 Å². The smallest absolute Gasteiger partial charge is 0.220 e. The summed E-state index contributed by atoms with van der Waals surface area (Å²) in [5.41, 5.74) is 5.72.